The second kappa shape index (κ2) is 9.41. The standard InChI is InChI=1S/C15H23N3O2S/c1-11-3-5-12(6-4-11)14(19)17-8-9-18-15(20)13(16)7-10-21-2/h3-6,13H,7-10,16H2,1-2H3,(H,17,19)(H,18,20)/t13-/m0/s1. The van der Waals surface area contributed by atoms with E-state index in [-0.39, 0.29) is 11.8 Å². The van der Waals surface area contributed by atoms with E-state index in [0.717, 1.165) is 11.3 Å². The molecule has 0 aliphatic carbocycles. The van der Waals surface area contributed by atoms with Gasteiger partial charge in [0.25, 0.3) is 5.91 Å². The Hall–Kier alpha value is -1.53. The third-order valence-corrected chi connectivity index (χ3v) is 3.64. The maximum absolute atomic E-state index is 11.8. The van der Waals surface area contributed by atoms with E-state index in [0.29, 0.717) is 25.1 Å². The number of amides is 2. The molecule has 0 saturated carbocycles. The number of hydrogen-bond acceptors (Lipinski definition) is 4. The van der Waals surface area contributed by atoms with E-state index in [9.17, 15) is 9.59 Å². The molecule has 2 amide bonds. The molecule has 1 atom stereocenters. The first-order valence-electron chi connectivity index (χ1n) is 6.91. The maximum atomic E-state index is 11.8. The number of aryl methyl sites for hydroxylation is 1. The number of thioether (sulfide) groups is 1. The second-order valence-electron chi connectivity index (χ2n) is 4.80. The first-order chi connectivity index (χ1) is 10.0. The van der Waals surface area contributed by atoms with Crippen LogP contribution in [-0.4, -0.2) is 43.0 Å². The number of carbonyl (C=O) groups excluding carboxylic acids is 2. The Morgan fingerprint density at radius 2 is 1.81 bits per heavy atom. The topological polar surface area (TPSA) is 84.2 Å². The summed E-state index contributed by atoms with van der Waals surface area (Å²) >= 11 is 1.66. The summed E-state index contributed by atoms with van der Waals surface area (Å²) in [5.74, 6) is 0.545. The maximum Gasteiger partial charge on any atom is 0.251 e. The van der Waals surface area contributed by atoms with Gasteiger partial charge in [0.15, 0.2) is 0 Å². The predicted molar refractivity (Wildman–Crippen MR) is 87.5 cm³/mol. The van der Waals surface area contributed by atoms with Crippen molar-refractivity contribution >= 4 is 23.6 Å². The Balaban J connectivity index is 2.23. The van der Waals surface area contributed by atoms with E-state index in [4.69, 9.17) is 5.73 Å². The summed E-state index contributed by atoms with van der Waals surface area (Å²) < 4.78 is 0. The zero-order chi connectivity index (χ0) is 15.7. The fourth-order valence-electron chi connectivity index (χ4n) is 1.68. The molecule has 0 bridgehead atoms. The van der Waals surface area contributed by atoms with Crippen molar-refractivity contribution in [2.24, 2.45) is 5.73 Å². The number of nitrogens with one attached hydrogen (secondary N) is 2. The summed E-state index contributed by atoms with van der Waals surface area (Å²) in [5.41, 5.74) is 7.46. The summed E-state index contributed by atoms with van der Waals surface area (Å²) in [6, 6.07) is 6.86. The minimum atomic E-state index is -0.481. The van der Waals surface area contributed by atoms with Gasteiger partial charge in [0.05, 0.1) is 6.04 Å². The average Bonchev–Trinajstić information content (AvgIpc) is 2.49. The Morgan fingerprint density at radius 3 is 2.43 bits per heavy atom. The molecule has 116 valence electrons. The van der Waals surface area contributed by atoms with Gasteiger partial charge in [-0.05, 0) is 37.5 Å². The molecular formula is C15H23N3O2S. The van der Waals surface area contributed by atoms with Crippen molar-refractivity contribution < 1.29 is 9.59 Å². The molecule has 1 aromatic carbocycles. The molecule has 1 rings (SSSR count). The first-order valence-corrected chi connectivity index (χ1v) is 8.31. The van der Waals surface area contributed by atoms with Gasteiger partial charge in [0.1, 0.15) is 0 Å². The predicted octanol–water partition coefficient (Wildman–Crippen LogP) is 0.921. The van der Waals surface area contributed by atoms with Crippen molar-refractivity contribution in [2.75, 3.05) is 25.1 Å². The summed E-state index contributed by atoms with van der Waals surface area (Å²) in [5, 5.41) is 5.48. The second-order valence-corrected chi connectivity index (χ2v) is 5.79. The van der Waals surface area contributed by atoms with Crippen LogP contribution in [0.3, 0.4) is 0 Å². The summed E-state index contributed by atoms with van der Waals surface area (Å²) in [4.78, 5) is 23.5. The van der Waals surface area contributed by atoms with Crippen molar-refractivity contribution in [1.82, 2.24) is 10.6 Å². The number of benzene rings is 1. The number of hydrogen-bond donors (Lipinski definition) is 3. The fraction of sp³-hybridized carbons (Fsp3) is 0.467. The first kappa shape index (κ1) is 17.5. The van der Waals surface area contributed by atoms with Gasteiger partial charge in [0, 0.05) is 18.7 Å². The summed E-state index contributed by atoms with van der Waals surface area (Å²) in [7, 11) is 0. The van der Waals surface area contributed by atoms with E-state index in [1.54, 1.807) is 23.9 Å². The third kappa shape index (κ3) is 6.64. The fourth-order valence-corrected chi connectivity index (χ4v) is 2.17. The lowest BCUT2D eigenvalue weighted by molar-refractivity contribution is -0.122. The van der Waals surface area contributed by atoms with Crippen LogP contribution in [0.4, 0.5) is 0 Å². The molecule has 0 aliphatic rings. The molecule has 21 heavy (non-hydrogen) atoms. The van der Waals surface area contributed by atoms with E-state index in [1.807, 2.05) is 25.3 Å². The zero-order valence-electron chi connectivity index (χ0n) is 12.5. The summed E-state index contributed by atoms with van der Waals surface area (Å²) in [6.45, 7) is 2.73. The highest BCUT2D eigenvalue weighted by Gasteiger charge is 2.12. The van der Waals surface area contributed by atoms with E-state index in [1.165, 1.54) is 0 Å². The van der Waals surface area contributed by atoms with Gasteiger partial charge in [-0.1, -0.05) is 17.7 Å². The number of carbonyl (C=O) groups is 2. The highest BCUT2D eigenvalue weighted by Crippen LogP contribution is 2.02. The lowest BCUT2D eigenvalue weighted by Gasteiger charge is -2.12. The van der Waals surface area contributed by atoms with Crippen LogP contribution in [0.2, 0.25) is 0 Å². The smallest absolute Gasteiger partial charge is 0.251 e. The minimum absolute atomic E-state index is 0.143. The molecule has 0 aromatic heterocycles. The van der Waals surface area contributed by atoms with E-state index < -0.39 is 6.04 Å². The Morgan fingerprint density at radius 1 is 1.19 bits per heavy atom. The Bertz CT molecular complexity index is 462. The molecular weight excluding hydrogens is 286 g/mol. The molecule has 0 unspecified atom stereocenters. The lowest BCUT2D eigenvalue weighted by atomic mass is 10.1. The van der Waals surface area contributed by atoms with Gasteiger partial charge < -0.3 is 16.4 Å². The molecule has 0 radical (unpaired) electrons. The van der Waals surface area contributed by atoms with Crippen molar-refractivity contribution in [3.63, 3.8) is 0 Å². The average molecular weight is 309 g/mol. The van der Waals surface area contributed by atoms with Gasteiger partial charge >= 0.3 is 0 Å². The van der Waals surface area contributed by atoms with Crippen LogP contribution in [0.5, 0.6) is 0 Å². The third-order valence-electron chi connectivity index (χ3n) is 2.99. The Kier molecular flexibility index (Phi) is 7.85. The van der Waals surface area contributed by atoms with Crippen molar-refractivity contribution in [3.8, 4) is 0 Å². The largest absolute Gasteiger partial charge is 0.353 e. The monoisotopic (exact) mass is 309 g/mol. The number of rotatable bonds is 8. The minimum Gasteiger partial charge on any atom is -0.353 e. The highest BCUT2D eigenvalue weighted by atomic mass is 32.2. The van der Waals surface area contributed by atoms with Gasteiger partial charge in [-0.15, -0.1) is 0 Å². The molecule has 0 heterocycles. The Labute approximate surface area is 130 Å². The highest BCUT2D eigenvalue weighted by molar-refractivity contribution is 7.98. The molecule has 5 nitrogen and oxygen atoms in total. The van der Waals surface area contributed by atoms with Crippen molar-refractivity contribution in [1.29, 1.82) is 0 Å². The van der Waals surface area contributed by atoms with Crippen LogP contribution >= 0.6 is 11.8 Å². The van der Waals surface area contributed by atoms with E-state index in [2.05, 4.69) is 10.6 Å². The normalized spacial score (nSPS) is 11.8. The molecule has 1 aromatic rings. The summed E-state index contributed by atoms with van der Waals surface area (Å²) in [6.07, 6.45) is 2.63. The van der Waals surface area contributed by atoms with Crippen LogP contribution < -0.4 is 16.4 Å². The zero-order valence-corrected chi connectivity index (χ0v) is 13.3. The van der Waals surface area contributed by atoms with Gasteiger partial charge in [-0.3, -0.25) is 9.59 Å². The van der Waals surface area contributed by atoms with Gasteiger partial charge in [0.2, 0.25) is 5.91 Å². The molecule has 6 heteroatoms. The molecule has 0 fully saturated rings. The number of nitrogens with two attached hydrogens (primary N) is 1. The van der Waals surface area contributed by atoms with Crippen LogP contribution in [0.15, 0.2) is 24.3 Å². The van der Waals surface area contributed by atoms with Crippen LogP contribution in [-0.2, 0) is 4.79 Å². The van der Waals surface area contributed by atoms with Crippen molar-refractivity contribution in [3.05, 3.63) is 35.4 Å². The SMILES string of the molecule is CSCC[C@H](N)C(=O)NCCNC(=O)c1ccc(C)cc1. The van der Waals surface area contributed by atoms with Gasteiger partial charge in [-0.2, -0.15) is 11.8 Å². The molecule has 0 aliphatic heterocycles. The molecule has 0 saturated heterocycles. The van der Waals surface area contributed by atoms with Crippen LogP contribution in [0, 0.1) is 6.92 Å². The molecule has 0 spiro atoms. The molecule has 4 N–H and O–H groups in total. The van der Waals surface area contributed by atoms with Crippen molar-refractivity contribution in [2.45, 2.75) is 19.4 Å². The van der Waals surface area contributed by atoms with Gasteiger partial charge in [-0.25, -0.2) is 0 Å². The lowest BCUT2D eigenvalue weighted by Crippen LogP contribution is -2.43. The van der Waals surface area contributed by atoms with Crippen LogP contribution in [0.25, 0.3) is 0 Å². The van der Waals surface area contributed by atoms with Crippen LogP contribution in [0.1, 0.15) is 22.3 Å². The quantitative estimate of drug-likeness (QED) is 0.624. The van der Waals surface area contributed by atoms with E-state index >= 15 is 0 Å².